The highest BCUT2D eigenvalue weighted by Crippen LogP contribution is 2.57. The number of carboxylic acids is 1. The van der Waals surface area contributed by atoms with Gasteiger partial charge in [-0.2, -0.15) is 0 Å². The highest BCUT2D eigenvalue weighted by molar-refractivity contribution is 5.70. The van der Waals surface area contributed by atoms with Gasteiger partial charge in [-0.15, -0.1) is 0 Å². The lowest BCUT2D eigenvalue weighted by Gasteiger charge is -2.50. The van der Waals surface area contributed by atoms with Crippen LogP contribution >= 0.6 is 0 Å². The number of aliphatic hydroxyl groups is 2. The molecule has 11 nitrogen and oxygen atoms in total. The third-order valence-electron chi connectivity index (χ3n) is 14.4. The fraction of sp³-hybridized carbons (Fsp3) is 0.975. The van der Waals surface area contributed by atoms with E-state index in [-0.39, 0.29) is 84.3 Å². The fourth-order valence-electron chi connectivity index (χ4n) is 11.3. The Morgan fingerprint density at radius 1 is 0.863 bits per heavy atom. The van der Waals surface area contributed by atoms with Crippen LogP contribution in [0.25, 0.3) is 0 Å². The van der Waals surface area contributed by atoms with Crippen LogP contribution < -0.4 is 0 Å². The van der Waals surface area contributed by atoms with E-state index in [4.69, 9.17) is 33.2 Å². The van der Waals surface area contributed by atoms with Crippen LogP contribution in [0.3, 0.4) is 0 Å². The van der Waals surface area contributed by atoms with Crippen molar-refractivity contribution in [2.45, 2.75) is 192 Å². The fourth-order valence-corrected chi connectivity index (χ4v) is 11.3. The van der Waals surface area contributed by atoms with Crippen LogP contribution in [0.4, 0.5) is 0 Å². The predicted molar refractivity (Wildman–Crippen MR) is 189 cm³/mol. The van der Waals surface area contributed by atoms with Crippen LogP contribution in [0, 0.1) is 41.4 Å². The number of aliphatic carboxylic acids is 1. The number of rotatable bonds is 9. The van der Waals surface area contributed by atoms with Crippen LogP contribution in [0.5, 0.6) is 0 Å². The Morgan fingerprint density at radius 2 is 1.59 bits per heavy atom. The van der Waals surface area contributed by atoms with Gasteiger partial charge in [0.15, 0.2) is 11.6 Å². The van der Waals surface area contributed by atoms with E-state index in [9.17, 15) is 20.1 Å². The zero-order valence-electron chi connectivity index (χ0n) is 32.8. The van der Waals surface area contributed by atoms with Crippen molar-refractivity contribution in [2.75, 3.05) is 13.7 Å². The summed E-state index contributed by atoms with van der Waals surface area (Å²) >= 11 is 0. The molecule has 6 rings (SSSR count). The molecule has 0 aromatic heterocycles. The molecule has 19 atom stereocenters. The van der Waals surface area contributed by atoms with Crippen molar-refractivity contribution in [3.8, 4) is 0 Å². The minimum Gasteiger partial charge on any atom is -0.481 e. The summed E-state index contributed by atoms with van der Waals surface area (Å²) in [5.41, 5.74) is -1.10. The van der Waals surface area contributed by atoms with Gasteiger partial charge in [0.05, 0.1) is 72.6 Å². The highest BCUT2D eigenvalue weighted by atomic mass is 16.7. The van der Waals surface area contributed by atoms with E-state index in [0.29, 0.717) is 6.42 Å². The molecule has 3 N–H and O–H groups in total. The molecule has 0 aromatic carbocycles. The van der Waals surface area contributed by atoms with E-state index in [1.165, 1.54) is 0 Å². The number of ether oxygens (including phenoxy) is 7. The van der Waals surface area contributed by atoms with Crippen molar-refractivity contribution in [2.24, 2.45) is 41.4 Å². The SMILES string of the molecule is COC1CC(CC2CC[C@H](C)C([C@@H](C)C(=O)O)O2)OC2(O[C@](C)(C3CC[C@@](C)(C4OC(C5OC(O)(CO)[C@H](C)C[C@@H]5C)C[C@@H]4C)O3)C[C@H]2C)[C@@H]1C. The first-order chi connectivity index (χ1) is 23.9. The molecular weight excluding hydrogens is 656 g/mol. The number of carbonyl (C=O) groups is 1. The van der Waals surface area contributed by atoms with Gasteiger partial charge in [0.2, 0.25) is 0 Å². The third-order valence-corrected chi connectivity index (χ3v) is 14.4. The lowest BCUT2D eigenvalue weighted by Crippen LogP contribution is -2.58. The molecule has 10 unspecified atom stereocenters. The monoisotopic (exact) mass is 724 g/mol. The molecule has 6 saturated heterocycles. The van der Waals surface area contributed by atoms with E-state index >= 15 is 0 Å². The lowest BCUT2D eigenvalue weighted by molar-refractivity contribution is -0.353. The zero-order valence-corrected chi connectivity index (χ0v) is 32.8. The predicted octanol–water partition coefficient (Wildman–Crippen LogP) is 5.71. The lowest BCUT2D eigenvalue weighted by atomic mass is 9.78. The summed E-state index contributed by atoms with van der Waals surface area (Å²) in [5.74, 6) is -3.26. The Kier molecular flexibility index (Phi) is 11.4. The molecule has 1 spiro atoms. The maximum Gasteiger partial charge on any atom is 0.308 e. The molecule has 0 amide bonds. The minimum absolute atomic E-state index is 0.00727. The first kappa shape index (κ1) is 39.8. The van der Waals surface area contributed by atoms with Crippen LogP contribution in [0.15, 0.2) is 0 Å². The summed E-state index contributed by atoms with van der Waals surface area (Å²) in [4.78, 5) is 11.8. The molecule has 0 bridgehead atoms. The molecule has 6 heterocycles. The average molecular weight is 725 g/mol. The zero-order chi connectivity index (χ0) is 37.3. The van der Waals surface area contributed by atoms with Gasteiger partial charge in [-0.3, -0.25) is 4.79 Å². The Labute approximate surface area is 305 Å². The van der Waals surface area contributed by atoms with E-state index in [1.807, 2.05) is 6.92 Å². The topological polar surface area (TPSA) is 142 Å². The third kappa shape index (κ3) is 7.19. The molecule has 0 aliphatic carbocycles. The van der Waals surface area contributed by atoms with Gasteiger partial charge in [0.25, 0.3) is 0 Å². The van der Waals surface area contributed by atoms with Crippen LogP contribution in [0.2, 0.25) is 0 Å². The van der Waals surface area contributed by atoms with Gasteiger partial charge in [0, 0.05) is 37.7 Å². The van der Waals surface area contributed by atoms with Crippen molar-refractivity contribution in [3.63, 3.8) is 0 Å². The number of carboxylic acid groups (broad SMARTS) is 1. The van der Waals surface area contributed by atoms with E-state index in [2.05, 4.69) is 48.5 Å². The van der Waals surface area contributed by atoms with Gasteiger partial charge in [0.1, 0.15) is 0 Å². The molecule has 6 aliphatic rings. The van der Waals surface area contributed by atoms with Gasteiger partial charge in [-0.25, -0.2) is 0 Å². The summed E-state index contributed by atoms with van der Waals surface area (Å²) < 4.78 is 47.0. The smallest absolute Gasteiger partial charge is 0.308 e. The summed E-state index contributed by atoms with van der Waals surface area (Å²) in [5, 5.41) is 30.7. The number of aliphatic hydroxyl groups excluding tert-OH is 1. The molecule has 294 valence electrons. The Hall–Kier alpha value is -0.890. The first-order valence-corrected chi connectivity index (χ1v) is 20.0. The quantitative estimate of drug-likeness (QED) is 0.269. The second-order valence-electron chi connectivity index (χ2n) is 18.4. The van der Waals surface area contributed by atoms with Crippen molar-refractivity contribution in [3.05, 3.63) is 0 Å². The van der Waals surface area contributed by atoms with Crippen molar-refractivity contribution >= 4 is 5.97 Å². The molecule has 0 radical (unpaired) electrons. The van der Waals surface area contributed by atoms with Gasteiger partial charge in [-0.1, -0.05) is 41.5 Å². The molecule has 6 fully saturated rings. The Bertz CT molecular complexity index is 1230. The van der Waals surface area contributed by atoms with Crippen LogP contribution in [-0.2, 0) is 38.0 Å². The van der Waals surface area contributed by atoms with E-state index < -0.39 is 41.3 Å². The molecule has 51 heavy (non-hydrogen) atoms. The second-order valence-corrected chi connectivity index (χ2v) is 18.4. The summed E-state index contributed by atoms with van der Waals surface area (Å²) in [7, 11) is 1.77. The normalized spacial score (nSPS) is 54.2. The van der Waals surface area contributed by atoms with Crippen molar-refractivity contribution in [1.29, 1.82) is 0 Å². The highest BCUT2D eigenvalue weighted by Gasteiger charge is 2.65. The molecular formula is C40H68O11. The van der Waals surface area contributed by atoms with Crippen LogP contribution in [-0.4, -0.2) is 107 Å². The summed E-state index contributed by atoms with van der Waals surface area (Å²) in [6.07, 6.45) is 5.85. The second kappa shape index (κ2) is 14.6. The standard InChI is InChI=1S/C40H68O11/c1-21-11-12-28(46-33(21)26(6)36(42)43)17-29-18-30(45-10)27(7)40(48-29)25(5)19-38(9,51-40)32-13-14-37(8,49-32)35-23(3)16-31(47-35)34-22(2)15-24(4)39(44,20-41)50-34/h21-35,41,44H,11-20H2,1-10H3,(H,42,43)/t21-,22-,23-,24+,25+,26+,27+,28?,29?,30?,31?,32?,33?,34?,35?,37-,38-,39?,40?/m0/s1. The Balaban J connectivity index is 1.13. The number of methoxy groups -OCH3 is 1. The molecule has 0 aromatic rings. The van der Waals surface area contributed by atoms with Crippen molar-refractivity contribution < 1.29 is 53.3 Å². The van der Waals surface area contributed by atoms with Crippen LogP contribution in [0.1, 0.15) is 120 Å². The van der Waals surface area contributed by atoms with E-state index in [0.717, 1.165) is 51.4 Å². The van der Waals surface area contributed by atoms with Crippen molar-refractivity contribution in [1.82, 2.24) is 0 Å². The molecule has 0 saturated carbocycles. The molecule has 6 aliphatic heterocycles. The molecule has 11 heteroatoms. The largest absolute Gasteiger partial charge is 0.481 e. The first-order valence-electron chi connectivity index (χ1n) is 20.0. The van der Waals surface area contributed by atoms with Gasteiger partial charge >= 0.3 is 5.97 Å². The number of hydrogen-bond donors (Lipinski definition) is 3. The minimum atomic E-state index is -1.55. The Morgan fingerprint density at radius 3 is 2.25 bits per heavy atom. The summed E-state index contributed by atoms with van der Waals surface area (Å²) in [6, 6.07) is 0. The average Bonchev–Trinajstić information content (AvgIpc) is 3.75. The van der Waals surface area contributed by atoms with E-state index in [1.54, 1.807) is 14.0 Å². The number of hydrogen-bond acceptors (Lipinski definition) is 10. The van der Waals surface area contributed by atoms with Gasteiger partial charge in [-0.05, 0) is 83.5 Å². The maximum atomic E-state index is 11.8. The maximum absolute atomic E-state index is 11.8. The van der Waals surface area contributed by atoms with Gasteiger partial charge < -0.3 is 48.5 Å². The summed E-state index contributed by atoms with van der Waals surface area (Å²) in [6.45, 7) is 18.4.